The van der Waals surface area contributed by atoms with E-state index < -0.39 is 12.0 Å². The topological polar surface area (TPSA) is 72.5 Å². The van der Waals surface area contributed by atoms with Gasteiger partial charge in [-0.15, -0.1) is 0 Å². The lowest BCUT2D eigenvalue weighted by atomic mass is 10.0. The second-order valence-corrected chi connectivity index (χ2v) is 7.30. The number of benzene rings is 1. The third-order valence-corrected chi connectivity index (χ3v) is 5.35. The lowest BCUT2D eigenvalue weighted by Crippen LogP contribution is -2.49. The summed E-state index contributed by atoms with van der Waals surface area (Å²) in [6.07, 6.45) is 3.60. The van der Waals surface area contributed by atoms with Crippen LogP contribution in [0.5, 0.6) is 0 Å². The number of piperazine rings is 1. The molecule has 3 aromatic rings. The van der Waals surface area contributed by atoms with Crippen LogP contribution in [0.2, 0.25) is 0 Å². The Balaban J connectivity index is 1.57. The molecule has 1 aromatic carbocycles. The van der Waals surface area contributed by atoms with Crippen LogP contribution in [0.4, 0.5) is 5.82 Å². The molecule has 6 nitrogen and oxygen atoms in total. The van der Waals surface area contributed by atoms with Gasteiger partial charge in [0.25, 0.3) is 0 Å². The van der Waals surface area contributed by atoms with E-state index in [1.165, 1.54) is 0 Å². The highest BCUT2D eigenvalue weighted by Gasteiger charge is 2.32. The fourth-order valence-electron chi connectivity index (χ4n) is 3.58. The number of fused-ring (bicyclic) bond motifs is 1. The average Bonchev–Trinajstić information content (AvgIpc) is 3.05. The molecule has 1 atom stereocenters. The molecule has 3 heterocycles. The molecule has 1 saturated heterocycles. The average molecular weight is 415 g/mol. The number of carboxylic acids is 1. The molecular formula is C19H19BrN4O2. The number of hydrogen-bond donors (Lipinski definition) is 2. The summed E-state index contributed by atoms with van der Waals surface area (Å²) in [7, 11) is 0. The van der Waals surface area contributed by atoms with Gasteiger partial charge in [0.05, 0.1) is 0 Å². The maximum Gasteiger partial charge on any atom is 0.325 e. The summed E-state index contributed by atoms with van der Waals surface area (Å²) in [6, 6.07) is 11.1. The standard InChI is InChI=1S/C19H19BrN4O2/c20-13-4-5-14-15(12-22-16(14)11-13)18(19(25)26)24-9-7-23(8-10-24)17-3-1-2-6-21-17/h1-6,11-12,18,22H,7-10H2,(H,25,26). The fourth-order valence-corrected chi connectivity index (χ4v) is 3.94. The summed E-state index contributed by atoms with van der Waals surface area (Å²) in [6.45, 7) is 2.87. The SMILES string of the molecule is O=C(O)C(c1c[nH]c2cc(Br)ccc12)N1CCN(c2ccccn2)CC1. The number of aromatic amines is 1. The van der Waals surface area contributed by atoms with Crippen LogP contribution in [-0.4, -0.2) is 52.1 Å². The predicted molar refractivity (Wildman–Crippen MR) is 104 cm³/mol. The molecule has 0 spiro atoms. The summed E-state index contributed by atoms with van der Waals surface area (Å²) in [5.41, 5.74) is 1.75. The minimum atomic E-state index is -0.819. The van der Waals surface area contributed by atoms with Crippen LogP contribution in [0.3, 0.4) is 0 Å². The van der Waals surface area contributed by atoms with Gasteiger partial charge in [-0.3, -0.25) is 9.69 Å². The number of hydrogen-bond acceptors (Lipinski definition) is 4. The van der Waals surface area contributed by atoms with E-state index >= 15 is 0 Å². The molecule has 4 rings (SSSR count). The zero-order valence-corrected chi connectivity index (χ0v) is 15.7. The number of H-pyrrole nitrogens is 1. The molecule has 0 aliphatic carbocycles. The van der Waals surface area contributed by atoms with Crippen molar-refractivity contribution >= 4 is 38.6 Å². The summed E-state index contributed by atoms with van der Waals surface area (Å²) in [5.74, 6) is 0.121. The van der Waals surface area contributed by atoms with Gasteiger partial charge in [0.1, 0.15) is 11.9 Å². The van der Waals surface area contributed by atoms with Gasteiger partial charge < -0.3 is 15.0 Å². The van der Waals surface area contributed by atoms with E-state index in [9.17, 15) is 9.90 Å². The Kier molecular flexibility index (Phi) is 4.65. The molecule has 134 valence electrons. The number of nitrogens with one attached hydrogen (secondary N) is 1. The maximum atomic E-state index is 12.1. The third kappa shape index (κ3) is 3.20. The number of aromatic nitrogens is 2. The van der Waals surface area contributed by atoms with E-state index in [2.05, 4.69) is 30.8 Å². The first kappa shape index (κ1) is 17.1. The maximum absolute atomic E-state index is 12.1. The lowest BCUT2D eigenvalue weighted by molar-refractivity contribution is -0.143. The van der Waals surface area contributed by atoms with Crippen molar-refractivity contribution in [3.05, 3.63) is 58.8 Å². The van der Waals surface area contributed by atoms with E-state index in [1.54, 1.807) is 6.20 Å². The van der Waals surface area contributed by atoms with Crippen molar-refractivity contribution in [2.24, 2.45) is 0 Å². The minimum absolute atomic E-state index is 0.657. The number of carbonyl (C=O) groups is 1. The number of anilines is 1. The van der Waals surface area contributed by atoms with Crippen LogP contribution in [-0.2, 0) is 4.79 Å². The largest absolute Gasteiger partial charge is 0.480 e. The highest BCUT2D eigenvalue weighted by atomic mass is 79.9. The van der Waals surface area contributed by atoms with Crippen LogP contribution in [0.1, 0.15) is 11.6 Å². The Morgan fingerprint density at radius 1 is 1.19 bits per heavy atom. The number of nitrogens with zero attached hydrogens (tertiary/aromatic N) is 3. The Morgan fingerprint density at radius 2 is 2.00 bits per heavy atom. The van der Waals surface area contributed by atoms with Crippen LogP contribution >= 0.6 is 15.9 Å². The van der Waals surface area contributed by atoms with E-state index in [-0.39, 0.29) is 0 Å². The molecule has 2 aromatic heterocycles. The van der Waals surface area contributed by atoms with Gasteiger partial charge in [-0.1, -0.05) is 28.1 Å². The van der Waals surface area contributed by atoms with Crippen LogP contribution in [0.25, 0.3) is 10.9 Å². The van der Waals surface area contributed by atoms with E-state index in [4.69, 9.17) is 0 Å². The molecule has 0 amide bonds. The molecular weight excluding hydrogens is 396 g/mol. The quantitative estimate of drug-likeness (QED) is 0.685. The first-order valence-electron chi connectivity index (χ1n) is 8.53. The second kappa shape index (κ2) is 7.09. The first-order valence-corrected chi connectivity index (χ1v) is 9.32. The normalized spacial score (nSPS) is 16.7. The summed E-state index contributed by atoms with van der Waals surface area (Å²) < 4.78 is 0.967. The highest BCUT2D eigenvalue weighted by Crippen LogP contribution is 2.31. The Bertz CT molecular complexity index is 920. The molecule has 2 N–H and O–H groups in total. The summed E-state index contributed by atoms with van der Waals surface area (Å²) in [4.78, 5) is 23.9. The van der Waals surface area contributed by atoms with Gasteiger partial charge >= 0.3 is 5.97 Å². The van der Waals surface area contributed by atoms with Gasteiger partial charge in [-0.05, 0) is 24.3 Å². The molecule has 0 radical (unpaired) electrons. The number of carboxylic acid groups (broad SMARTS) is 1. The zero-order valence-electron chi connectivity index (χ0n) is 14.1. The second-order valence-electron chi connectivity index (χ2n) is 6.39. The van der Waals surface area contributed by atoms with Gasteiger partial charge in [0.15, 0.2) is 0 Å². The van der Waals surface area contributed by atoms with Crippen molar-refractivity contribution in [1.29, 1.82) is 0 Å². The van der Waals surface area contributed by atoms with Gasteiger partial charge in [-0.25, -0.2) is 4.98 Å². The Morgan fingerprint density at radius 3 is 2.69 bits per heavy atom. The predicted octanol–water partition coefficient (Wildman–Crippen LogP) is 3.27. The fraction of sp³-hybridized carbons (Fsp3) is 0.263. The summed E-state index contributed by atoms with van der Waals surface area (Å²) in [5, 5.41) is 10.9. The van der Waals surface area contributed by atoms with Gasteiger partial charge in [0.2, 0.25) is 0 Å². The molecule has 1 aliphatic heterocycles. The van der Waals surface area contributed by atoms with Crippen molar-refractivity contribution in [2.45, 2.75) is 6.04 Å². The Hall–Kier alpha value is -2.38. The molecule has 26 heavy (non-hydrogen) atoms. The van der Waals surface area contributed by atoms with Crippen molar-refractivity contribution < 1.29 is 9.90 Å². The van der Waals surface area contributed by atoms with Crippen molar-refractivity contribution in [1.82, 2.24) is 14.9 Å². The van der Waals surface area contributed by atoms with Crippen LogP contribution in [0, 0.1) is 0 Å². The number of halogens is 1. The molecule has 1 fully saturated rings. The van der Waals surface area contributed by atoms with Crippen molar-refractivity contribution in [2.75, 3.05) is 31.1 Å². The molecule has 0 saturated carbocycles. The van der Waals surface area contributed by atoms with Gasteiger partial charge in [0, 0.05) is 59.5 Å². The number of aliphatic carboxylic acids is 1. The number of pyridine rings is 1. The van der Waals surface area contributed by atoms with E-state index in [0.29, 0.717) is 13.1 Å². The van der Waals surface area contributed by atoms with Crippen LogP contribution in [0.15, 0.2) is 53.3 Å². The van der Waals surface area contributed by atoms with E-state index in [0.717, 1.165) is 39.8 Å². The molecule has 0 bridgehead atoms. The Labute approximate surface area is 159 Å². The molecule has 1 aliphatic rings. The number of rotatable bonds is 4. The minimum Gasteiger partial charge on any atom is -0.480 e. The monoisotopic (exact) mass is 414 g/mol. The zero-order chi connectivity index (χ0) is 18.1. The van der Waals surface area contributed by atoms with Crippen molar-refractivity contribution in [3.63, 3.8) is 0 Å². The van der Waals surface area contributed by atoms with Crippen molar-refractivity contribution in [3.8, 4) is 0 Å². The smallest absolute Gasteiger partial charge is 0.325 e. The first-order chi connectivity index (χ1) is 12.6. The van der Waals surface area contributed by atoms with Gasteiger partial charge in [-0.2, -0.15) is 0 Å². The lowest BCUT2D eigenvalue weighted by Gasteiger charge is -2.38. The summed E-state index contributed by atoms with van der Waals surface area (Å²) >= 11 is 3.45. The third-order valence-electron chi connectivity index (χ3n) is 4.86. The van der Waals surface area contributed by atoms with E-state index in [1.807, 2.05) is 47.5 Å². The molecule has 1 unspecified atom stereocenters. The van der Waals surface area contributed by atoms with Crippen LogP contribution < -0.4 is 4.90 Å². The highest BCUT2D eigenvalue weighted by molar-refractivity contribution is 9.10. The molecule has 7 heteroatoms.